The molecule has 0 fully saturated rings. The van der Waals surface area contributed by atoms with Crippen molar-refractivity contribution in [2.45, 2.75) is 6.54 Å². The third kappa shape index (κ3) is 2.91. The molecule has 0 aliphatic rings. The minimum atomic E-state index is -0.208. The van der Waals surface area contributed by atoms with Crippen molar-refractivity contribution in [1.82, 2.24) is 19.9 Å². The van der Waals surface area contributed by atoms with Gasteiger partial charge in [-0.15, -0.1) is 0 Å². The maximum atomic E-state index is 11.7. The van der Waals surface area contributed by atoms with Crippen LogP contribution >= 0.6 is 15.9 Å². The molecule has 0 aromatic carbocycles. The Kier molecular flexibility index (Phi) is 3.53. The van der Waals surface area contributed by atoms with Crippen LogP contribution in [0.5, 0.6) is 0 Å². The largest absolute Gasteiger partial charge is 0.343 e. The molecule has 0 saturated heterocycles. The fourth-order valence-electron chi connectivity index (χ4n) is 1.33. The lowest BCUT2D eigenvalue weighted by molar-refractivity contribution is 0.0944. The summed E-state index contributed by atoms with van der Waals surface area (Å²) in [4.78, 5) is 19.9. The number of aromatic nitrogens is 3. The molecular formula is C11H11BrN4O. The summed E-state index contributed by atoms with van der Waals surface area (Å²) in [7, 11) is 1.88. The van der Waals surface area contributed by atoms with Crippen LogP contribution in [-0.4, -0.2) is 20.4 Å². The van der Waals surface area contributed by atoms with Crippen LogP contribution < -0.4 is 5.32 Å². The van der Waals surface area contributed by atoms with Gasteiger partial charge in [0.05, 0.1) is 6.54 Å². The van der Waals surface area contributed by atoms with Gasteiger partial charge in [-0.2, -0.15) is 0 Å². The van der Waals surface area contributed by atoms with E-state index >= 15 is 0 Å². The van der Waals surface area contributed by atoms with E-state index in [1.54, 1.807) is 24.5 Å². The van der Waals surface area contributed by atoms with Crippen LogP contribution in [-0.2, 0) is 13.6 Å². The van der Waals surface area contributed by atoms with Crippen molar-refractivity contribution in [2.75, 3.05) is 0 Å². The van der Waals surface area contributed by atoms with Crippen LogP contribution in [0.1, 0.15) is 16.3 Å². The van der Waals surface area contributed by atoms with E-state index in [9.17, 15) is 4.79 Å². The highest BCUT2D eigenvalue weighted by atomic mass is 79.9. The van der Waals surface area contributed by atoms with Crippen molar-refractivity contribution in [1.29, 1.82) is 0 Å². The second-order valence-electron chi connectivity index (χ2n) is 3.50. The standard InChI is InChI=1S/C11H11BrN4O/c1-16-5-4-13-10(16)7-15-11(17)9-3-2-8(12)6-14-9/h2-6H,7H2,1H3,(H,15,17). The van der Waals surface area contributed by atoms with Crippen molar-refractivity contribution in [3.8, 4) is 0 Å². The second kappa shape index (κ2) is 5.09. The molecule has 1 amide bonds. The molecule has 0 unspecified atom stereocenters. The zero-order chi connectivity index (χ0) is 12.3. The summed E-state index contributed by atoms with van der Waals surface area (Å²) in [5.74, 6) is 0.593. The molecule has 1 N–H and O–H groups in total. The molecule has 0 saturated carbocycles. The van der Waals surface area contributed by atoms with Crippen LogP contribution in [0.4, 0.5) is 0 Å². The highest BCUT2D eigenvalue weighted by molar-refractivity contribution is 9.10. The Hall–Kier alpha value is -1.69. The normalized spacial score (nSPS) is 10.2. The van der Waals surface area contributed by atoms with E-state index in [-0.39, 0.29) is 5.91 Å². The third-order valence-electron chi connectivity index (χ3n) is 2.29. The predicted molar refractivity (Wildman–Crippen MR) is 66.3 cm³/mol. The number of pyridine rings is 1. The number of halogens is 1. The maximum absolute atomic E-state index is 11.7. The van der Waals surface area contributed by atoms with E-state index in [0.717, 1.165) is 10.3 Å². The summed E-state index contributed by atoms with van der Waals surface area (Å²) in [5, 5.41) is 2.76. The van der Waals surface area contributed by atoms with E-state index in [0.29, 0.717) is 12.2 Å². The fraction of sp³-hybridized carbons (Fsp3) is 0.182. The third-order valence-corrected chi connectivity index (χ3v) is 2.76. The molecule has 5 nitrogen and oxygen atoms in total. The molecule has 2 aromatic heterocycles. The molecule has 0 aliphatic carbocycles. The highest BCUT2D eigenvalue weighted by Crippen LogP contribution is 2.07. The number of nitrogens with one attached hydrogen (secondary N) is 1. The topological polar surface area (TPSA) is 59.8 Å². The Balaban J connectivity index is 1.98. The molecule has 88 valence electrons. The maximum Gasteiger partial charge on any atom is 0.270 e. The summed E-state index contributed by atoms with van der Waals surface area (Å²) in [6.07, 6.45) is 5.12. The number of carbonyl (C=O) groups is 1. The monoisotopic (exact) mass is 294 g/mol. The number of rotatable bonds is 3. The predicted octanol–water partition coefficient (Wildman–Crippen LogP) is 1.51. The smallest absolute Gasteiger partial charge is 0.270 e. The number of hydrogen-bond donors (Lipinski definition) is 1. The molecule has 17 heavy (non-hydrogen) atoms. The van der Waals surface area contributed by atoms with E-state index in [2.05, 4.69) is 31.2 Å². The van der Waals surface area contributed by atoms with Crippen molar-refractivity contribution >= 4 is 21.8 Å². The van der Waals surface area contributed by atoms with Gasteiger partial charge >= 0.3 is 0 Å². The minimum absolute atomic E-state index is 0.208. The van der Waals surface area contributed by atoms with Gasteiger partial charge in [0, 0.05) is 30.1 Å². The molecular weight excluding hydrogens is 284 g/mol. The average Bonchev–Trinajstić information content (AvgIpc) is 2.73. The molecule has 6 heteroatoms. The van der Waals surface area contributed by atoms with Gasteiger partial charge in [0.1, 0.15) is 11.5 Å². The molecule has 2 heterocycles. The van der Waals surface area contributed by atoms with Gasteiger partial charge in [-0.3, -0.25) is 4.79 Å². The van der Waals surface area contributed by atoms with E-state index in [1.165, 1.54) is 0 Å². The minimum Gasteiger partial charge on any atom is -0.343 e. The second-order valence-corrected chi connectivity index (χ2v) is 4.41. The summed E-state index contributed by atoms with van der Waals surface area (Å²) >= 11 is 3.27. The summed E-state index contributed by atoms with van der Waals surface area (Å²) < 4.78 is 2.70. The number of hydrogen-bond acceptors (Lipinski definition) is 3. The van der Waals surface area contributed by atoms with Gasteiger partial charge < -0.3 is 9.88 Å². The van der Waals surface area contributed by atoms with Gasteiger partial charge in [-0.1, -0.05) is 0 Å². The summed E-state index contributed by atoms with van der Waals surface area (Å²) in [6, 6.07) is 3.44. The lowest BCUT2D eigenvalue weighted by Crippen LogP contribution is -2.25. The van der Waals surface area contributed by atoms with Gasteiger partial charge in [0.25, 0.3) is 5.91 Å². The van der Waals surface area contributed by atoms with Crippen LogP contribution in [0.25, 0.3) is 0 Å². The van der Waals surface area contributed by atoms with Crippen molar-refractivity contribution in [2.24, 2.45) is 7.05 Å². The van der Waals surface area contributed by atoms with Gasteiger partial charge in [-0.25, -0.2) is 9.97 Å². The Labute approximate surface area is 107 Å². The quantitative estimate of drug-likeness (QED) is 0.933. The van der Waals surface area contributed by atoms with E-state index in [4.69, 9.17) is 0 Å². The van der Waals surface area contributed by atoms with Crippen LogP contribution in [0, 0.1) is 0 Å². The SMILES string of the molecule is Cn1ccnc1CNC(=O)c1ccc(Br)cn1. The Morgan fingerprint density at radius 3 is 2.88 bits per heavy atom. The number of nitrogens with zero attached hydrogens (tertiary/aromatic N) is 3. The summed E-state index contributed by atoms with van der Waals surface area (Å²) in [5.41, 5.74) is 0.391. The lowest BCUT2D eigenvalue weighted by atomic mass is 10.3. The molecule has 0 atom stereocenters. The van der Waals surface area contributed by atoms with Gasteiger partial charge in [-0.05, 0) is 28.1 Å². The Bertz CT molecular complexity index is 521. The zero-order valence-electron chi connectivity index (χ0n) is 9.22. The van der Waals surface area contributed by atoms with Crippen LogP contribution in [0.15, 0.2) is 35.2 Å². The summed E-state index contributed by atoms with van der Waals surface area (Å²) in [6.45, 7) is 0.389. The fourth-order valence-corrected chi connectivity index (χ4v) is 1.56. The van der Waals surface area contributed by atoms with Crippen LogP contribution in [0.3, 0.4) is 0 Å². The number of amides is 1. The lowest BCUT2D eigenvalue weighted by Gasteiger charge is -2.04. The highest BCUT2D eigenvalue weighted by Gasteiger charge is 2.07. The Morgan fingerprint density at radius 2 is 2.29 bits per heavy atom. The first-order valence-corrected chi connectivity index (χ1v) is 5.82. The Morgan fingerprint density at radius 1 is 1.47 bits per heavy atom. The van der Waals surface area contributed by atoms with Gasteiger partial charge in [0.2, 0.25) is 0 Å². The zero-order valence-corrected chi connectivity index (χ0v) is 10.8. The number of carbonyl (C=O) groups excluding carboxylic acids is 1. The molecule has 0 spiro atoms. The number of aryl methyl sites for hydroxylation is 1. The molecule has 0 bridgehead atoms. The van der Waals surface area contributed by atoms with Crippen molar-refractivity contribution in [3.63, 3.8) is 0 Å². The van der Waals surface area contributed by atoms with Crippen LogP contribution in [0.2, 0.25) is 0 Å². The first-order valence-electron chi connectivity index (χ1n) is 5.03. The van der Waals surface area contributed by atoms with Crippen molar-refractivity contribution < 1.29 is 4.79 Å². The first kappa shape index (κ1) is 11.8. The van der Waals surface area contributed by atoms with E-state index in [1.807, 2.05) is 17.8 Å². The first-order chi connectivity index (χ1) is 8.16. The number of imidazole rings is 1. The molecule has 0 aliphatic heterocycles. The molecule has 2 aromatic rings. The average molecular weight is 295 g/mol. The van der Waals surface area contributed by atoms with E-state index < -0.39 is 0 Å². The molecule has 2 rings (SSSR count). The van der Waals surface area contributed by atoms with Gasteiger partial charge in [0.15, 0.2) is 0 Å². The molecule has 0 radical (unpaired) electrons. The van der Waals surface area contributed by atoms with Crippen molar-refractivity contribution in [3.05, 3.63) is 46.7 Å².